The van der Waals surface area contributed by atoms with Gasteiger partial charge in [-0.2, -0.15) is 4.52 Å². The van der Waals surface area contributed by atoms with E-state index in [0.717, 1.165) is 32.4 Å². The van der Waals surface area contributed by atoms with Crippen LogP contribution in [0.1, 0.15) is 41.9 Å². The van der Waals surface area contributed by atoms with Gasteiger partial charge in [0.25, 0.3) is 5.91 Å². The zero-order chi connectivity index (χ0) is 22.3. The van der Waals surface area contributed by atoms with Crippen LogP contribution in [0.15, 0.2) is 36.4 Å². The maximum atomic E-state index is 13.0. The van der Waals surface area contributed by atoms with Gasteiger partial charge in [0.1, 0.15) is 11.6 Å². The second kappa shape index (κ2) is 10.2. The number of hydrogen-bond donors (Lipinski definition) is 2. The SMILES string of the molecule is O=C(NCCc1nnc2ccc(NCCCN3CCCCC3=O)nn12)c1ccc(F)cc1. The fourth-order valence-electron chi connectivity index (χ4n) is 3.66. The maximum absolute atomic E-state index is 13.0. The summed E-state index contributed by atoms with van der Waals surface area (Å²) in [5, 5.41) is 18.9. The van der Waals surface area contributed by atoms with Gasteiger partial charge in [0.05, 0.1) is 0 Å². The molecule has 32 heavy (non-hydrogen) atoms. The lowest BCUT2D eigenvalue weighted by molar-refractivity contribution is -0.133. The number of fused-ring (bicyclic) bond motifs is 1. The van der Waals surface area contributed by atoms with E-state index in [1.165, 1.54) is 24.3 Å². The van der Waals surface area contributed by atoms with Crippen molar-refractivity contribution in [2.24, 2.45) is 0 Å². The number of anilines is 1. The van der Waals surface area contributed by atoms with Gasteiger partial charge in [-0.05, 0) is 55.7 Å². The van der Waals surface area contributed by atoms with E-state index < -0.39 is 0 Å². The first-order valence-electron chi connectivity index (χ1n) is 10.9. The molecule has 4 rings (SSSR count). The molecule has 1 saturated heterocycles. The minimum absolute atomic E-state index is 0.247. The van der Waals surface area contributed by atoms with Gasteiger partial charge in [-0.15, -0.1) is 15.3 Å². The number of carbonyl (C=O) groups is 2. The number of halogens is 1. The summed E-state index contributed by atoms with van der Waals surface area (Å²) >= 11 is 0. The van der Waals surface area contributed by atoms with Crippen LogP contribution in [0.25, 0.3) is 5.65 Å². The van der Waals surface area contributed by atoms with Crippen molar-refractivity contribution >= 4 is 23.3 Å². The molecule has 1 aliphatic rings. The molecule has 2 aromatic heterocycles. The largest absolute Gasteiger partial charge is 0.369 e. The summed E-state index contributed by atoms with van der Waals surface area (Å²) < 4.78 is 14.6. The molecular weight excluding hydrogens is 413 g/mol. The molecule has 3 heterocycles. The number of hydrogen-bond acceptors (Lipinski definition) is 6. The Morgan fingerprint density at radius 3 is 2.72 bits per heavy atom. The van der Waals surface area contributed by atoms with E-state index in [0.29, 0.717) is 48.8 Å². The van der Waals surface area contributed by atoms with Crippen LogP contribution in [-0.2, 0) is 11.2 Å². The summed E-state index contributed by atoms with van der Waals surface area (Å²) in [5.41, 5.74) is 1.02. The predicted octanol–water partition coefficient (Wildman–Crippen LogP) is 2.05. The molecule has 0 bridgehead atoms. The Labute approximate surface area is 185 Å². The molecular formula is C22H26FN7O2. The Balaban J connectivity index is 1.27. The number of likely N-dealkylation sites (tertiary alicyclic amines) is 1. The third-order valence-electron chi connectivity index (χ3n) is 5.40. The first-order chi connectivity index (χ1) is 15.6. The van der Waals surface area contributed by atoms with Gasteiger partial charge in [-0.25, -0.2) is 4.39 Å². The summed E-state index contributed by atoms with van der Waals surface area (Å²) in [7, 11) is 0. The van der Waals surface area contributed by atoms with Crippen molar-refractivity contribution in [3.63, 3.8) is 0 Å². The average molecular weight is 439 g/mol. The number of nitrogens with zero attached hydrogens (tertiary/aromatic N) is 5. The molecule has 1 aromatic carbocycles. The summed E-state index contributed by atoms with van der Waals surface area (Å²) in [5.74, 6) is 0.908. The lowest BCUT2D eigenvalue weighted by Crippen LogP contribution is -2.36. The van der Waals surface area contributed by atoms with Crippen molar-refractivity contribution < 1.29 is 14.0 Å². The highest BCUT2D eigenvalue weighted by atomic mass is 19.1. The smallest absolute Gasteiger partial charge is 0.251 e. The molecule has 0 aliphatic carbocycles. The fraction of sp³-hybridized carbons (Fsp3) is 0.409. The third kappa shape index (κ3) is 5.37. The summed E-state index contributed by atoms with van der Waals surface area (Å²) in [4.78, 5) is 26.0. The lowest BCUT2D eigenvalue weighted by atomic mass is 10.1. The Hall–Kier alpha value is -3.56. The molecule has 0 atom stereocenters. The average Bonchev–Trinajstić information content (AvgIpc) is 3.20. The number of rotatable bonds is 9. The van der Waals surface area contributed by atoms with Gasteiger partial charge in [-0.3, -0.25) is 9.59 Å². The fourth-order valence-corrected chi connectivity index (χ4v) is 3.66. The number of piperidine rings is 1. The molecule has 10 heteroatoms. The first-order valence-corrected chi connectivity index (χ1v) is 10.9. The van der Waals surface area contributed by atoms with E-state index in [9.17, 15) is 14.0 Å². The minimum atomic E-state index is -0.382. The van der Waals surface area contributed by atoms with E-state index in [2.05, 4.69) is 25.9 Å². The Bertz CT molecular complexity index is 1080. The second-order valence-electron chi connectivity index (χ2n) is 7.74. The Morgan fingerprint density at radius 2 is 1.91 bits per heavy atom. The van der Waals surface area contributed by atoms with Gasteiger partial charge >= 0.3 is 0 Å². The molecule has 2 amide bonds. The number of carbonyl (C=O) groups excluding carboxylic acids is 2. The molecule has 0 unspecified atom stereocenters. The Morgan fingerprint density at radius 1 is 1.06 bits per heavy atom. The van der Waals surface area contributed by atoms with Crippen molar-refractivity contribution in [2.75, 3.05) is 31.5 Å². The first kappa shape index (κ1) is 21.7. The number of amides is 2. The monoisotopic (exact) mass is 439 g/mol. The lowest BCUT2D eigenvalue weighted by Gasteiger charge is -2.26. The van der Waals surface area contributed by atoms with Crippen LogP contribution in [0.2, 0.25) is 0 Å². The van der Waals surface area contributed by atoms with Crippen molar-refractivity contribution in [3.05, 3.63) is 53.6 Å². The van der Waals surface area contributed by atoms with Crippen molar-refractivity contribution in [1.29, 1.82) is 0 Å². The van der Waals surface area contributed by atoms with Crippen LogP contribution >= 0.6 is 0 Å². The highest BCUT2D eigenvalue weighted by Gasteiger charge is 2.17. The highest BCUT2D eigenvalue weighted by molar-refractivity contribution is 5.94. The number of benzene rings is 1. The summed E-state index contributed by atoms with van der Waals surface area (Å²) in [6.45, 7) is 2.65. The number of nitrogens with one attached hydrogen (secondary N) is 2. The minimum Gasteiger partial charge on any atom is -0.369 e. The standard InChI is InChI=1S/C22H26FN7O2/c23-17-7-5-16(6-8-17)22(32)25-13-11-20-27-26-19-10-9-18(28-30(19)20)24-12-3-15-29-14-2-1-4-21(29)31/h5-10H,1-4,11-15H2,(H,24,28)(H,25,32). The van der Waals surface area contributed by atoms with Crippen LogP contribution in [0.3, 0.4) is 0 Å². The van der Waals surface area contributed by atoms with Crippen molar-refractivity contribution in [3.8, 4) is 0 Å². The van der Waals surface area contributed by atoms with E-state index in [1.807, 2.05) is 17.0 Å². The molecule has 0 spiro atoms. The van der Waals surface area contributed by atoms with E-state index in [1.54, 1.807) is 4.52 Å². The molecule has 0 radical (unpaired) electrons. The quantitative estimate of drug-likeness (QED) is 0.495. The molecule has 2 N–H and O–H groups in total. The molecule has 0 saturated carbocycles. The Kier molecular flexibility index (Phi) is 6.88. The summed E-state index contributed by atoms with van der Waals surface area (Å²) in [6.07, 6.45) is 4.02. The molecule has 1 aliphatic heterocycles. The highest BCUT2D eigenvalue weighted by Crippen LogP contribution is 2.11. The van der Waals surface area contributed by atoms with Gasteiger partial charge in [-0.1, -0.05) is 0 Å². The normalized spacial score (nSPS) is 14.0. The maximum Gasteiger partial charge on any atom is 0.251 e. The van der Waals surface area contributed by atoms with E-state index in [4.69, 9.17) is 0 Å². The van der Waals surface area contributed by atoms with Crippen LogP contribution < -0.4 is 10.6 Å². The van der Waals surface area contributed by atoms with Gasteiger partial charge in [0.15, 0.2) is 11.5 Å². The zero-order valence-electron chi connectivity index (χ0n) is 17.8. The van der Waals surface area contributed by atoms with E-state index in [-0.39, 0.29) is 17.6 Å². The molecule has 9 nitrogen and oxygen atoms in total. The summed E-state index contributed by atoms with van der Waals surface area (Å²) in [6, 6.07) is 9.07. The molecule has 1 fully saturated rings. The topological polar surface area (TPSA) is 105 Å². The van der Waals surface area contributed by atoms with Gasteiger partial charge in [0, 0.05) is 44.6 Å². The zero-order valence-corrected chi connectivity index (χ0v) is 17.8. The van der Waals surface area contributed by atoms with Crippen molar-refractivity contribution in [1.82, 2.24) is 30.0 Å². The van der Waals surface area contributed by atoms with Gasteiger partial charge < -0.3 is 15.5 Å². The van der Waals surface area contributed by atoms with Gasteiger partial charge in [0.2, 0.25) is 5.91 Å². The van der Waals surface area contributed by atoms with Crippen LogP contribution in [0.4, 0.5) is 10.2 Å². The third-order valence-corrected chi connectivity index (χ3v) is 5.40. The van der Waals surface area contributed by atoms with Crippen LogP contribution in [-0.4, -0.2) is 62.7 Å². The second-order valence-corrected chi connectivity index (χ2v) is 7.74. The predicted molar refractivity (Wildman–Crippen MR) is 117 cm³/mol. The van der Waals surface area contributed by atoms with Crippen molar-refractivity contribution in [2.45, 2.75) is 32.1 Å². The van der Waals surface area contributed by atoms with E-state index >= 15 is 0 Å². The van der Waals surface area contributed by atoms with Crippen LogP contribution in [0, 0.1) is 5.82 Å². The van der Waals surface area contributed by atoms with Crippen LogP contribution in [0.5, 0.6) is 0 Å². The molecule has 168 valence electrons. The molecule has 3 aromatic rings. The number of aromatic nitrogens is 4.